The normalized spacial score (nSPS) is 11.1. The number of amides is 1. The number of ether oxygens (including phenoxy) is 3. The third kappa shape index (κ3) is 6.83. The zero-order chi connectivity index (χ0) is 27.0. The summed E-state index contributed by atoms with van der Waals surface area (Å²) in [6.45, 7) is 5.85. The van der Waals surface area contributed by atoms with Crippen LogP contribution in [0.2, 0.25) is 0 Å². The zero-order valence-corrected chi connectivity index (χ0v) is 22.6. The third-order valence-electron chi connectivity index (χ3n) is 5.20. The monoisotopic (exact) mass is 547 g/mol. The van der Waals surface area contributed by atoms with Crippen LogP contribution < -0.4 is 9.46 Å². The topological polar surface area (TPSA) is 126 Å². The van der Waals surface area contributed by atoms with E-state index in [4.69, 9.17) is 14.2 Å². The van der Waals surface area contributed by atoms with Crippen LogP contribution >= 0.6 is 11.8 Å². The summed E-state index contributed by atoms with van der Waals surface area (Å²) in [7, 11) is -4.15. The number of aryl methyl sites for hydroxylation is 1. The Hall–Kier alpha value is -3.51. The van der Waals surface area contributed by atoms with Crippen molar-refractivity contribution >= 4 is 34.0 Å². The molecule has 1 amide bonds. The Morgan fingerprint density at radius 2 is 1.68 bits per heavy atom. The number of nitrogens with one attached hydrogen (secondary N) is 1. The Balaban J connectivity index is 1.92. The lowest BCUT2D eigenvalue weighted by molar-refractivity contribution is 0.0998. The van der Waals surface area contributed by atoms with Crippen molar-refractivity contribution in [2.24, 2.45) is 0 Å². The molecule has 12 heteroatoms. The second kappa shape index (κ2) is 12.6. The molecule has 0 aliphatic heterocycles. The van der Waals surface area contributed by atoms with Crippen molar-refractivity contribution in [2.75, 3.05) is 19.5 Å². The SMILES string of the molecule is CCOC(=O)NS(=O)(=O)c1ccccc1-c1ccc(Cn2c(CC)nc(SC)c2OC(=O)OCC)cc1. The molecule has 0 bridgehead atoms. The van der Waals surface area contributed by atoms with Gasteiger partial charge in [0.05, 0.1) is 24.7 Å². The molecule has 0 aliphatic rings. The Morgan fingerprint density at radius 1 is 1.00 bits per heavy atom. The molecule has 0 saturated heterocycles. The third-order valence-corrected chi connectivity index (χ3v) is 7.22. The number of nitrogens with zero attached hydrogens (tertiary/aromatic N) is 2. The molecular formula is C25H29N3O7S2. The fraction of sp³-hybridized carbons (Fsp3) is 0.320. The van der Waals surface area contributed by atoms with E-state index >= 15 is 0 Å². The smallest absolute Gasteiger partial charge is 0.449 e. The van der Waals surface area contributed by atoms with E-state index in [1.54, 1.807) is 44.2 Å². The molecule has 0 radical (unpaired) electrons. The van der Waals surface area contributed by atoms with Gasteiger partial charge in [-0.1, -0.05) is 49.4 Å². The van der Waals surface area contributed by atoms with Crippen LogP contribution in [-0.2, 0) is 32.5 Å². The van der Waals surface area contributed by atoms with Crippen LogP contribution in [0, 0.1) is 0 Å². The highest BCUT2D eigenvalue weighted by atomic mass is 32.2. The van der Waals surface area contributed by atoms with E-state index in [9.17, 15) is 18.0 Å². The van der Waals surface area contributed by atoms with Gasteiger partial charge in [-0.2, -0.15) is 0 Å². The van der Waals surface area contributed by atoms with Crippen LogP contribution in [0.1, 0.15) is 32.2 Å². The van der Waals surface area contributed by atoms with Crippen LogP contribution in [0.15, 0.2) is 58.5 Å². The number of carbonyl (C=O) groups is 2. The van der Waals surface area contributed by atoms with Crippen LogP contribution in [0.4, 0.5) is 9.59 Å². The van der Waals surface area contributed by atoms with Gasteiger partial charge in [0.1, 0.15) is 5.82 Å². The van der Waals surface area contributed by atoms with Crippen LogP contribution in [-0.4, -0.2) is 49.7 Å². The molecule has 1 heterocycles. The van der Waals surface area contributed by atoms with Gasteiger partial charge in [-0.25, -0.2) is 27.7 Å². The first-order valence-electron chi connectivity index (χ1n) is 11.6. The molecule has 1 N–H and O–H groups in total. The molecule has 0 fully saturated rings. The minimum Gasteiger partial charge on any atom is -0.449 e. The van der Waals surface area contributed by atoms with Gasteiger partial charge in [0, 0.05) is 12.0 Å². The molecule has 10 nitrogen and oxygen atoms in total. The Kier molecular flexibility index (Phi) is 9.59. The summed E-state index contributed by atoms with van der Waals surface area (Å²) in [6, 6.07) is 13.7. The fourth-order valence-corrected chi connectivity index (χ4v) is 5.23. The Labute approximate surface area is 220 Å². The molecule has 0 aliphatic carbocycles. The molecular weight excluding hydrogens is 518 g/mol. The number of aromatic nitrogens is 2. The molecule has 0 saturated carbocycles. The van der Waals surface area contributed by atoms with Gasteiger partial charge in [0.15, 0.2) is 5.03 Å². The zero-order valence-electron chi connectivity index (χ0n) is 21.0. The van der Waals surface area contributed by atoms with Crippen molar-refractivity contribution < 1.29 is 32.2 Å². The molecule has 3 rings (SSSR count). The quantitative estimate of drug-likeness (QED) is 0.280. The highest BCUT2D eigenvalue weighted by Crippen LogP contribution is 2.31. The standard InChI is InChI=1S/C25H29N3O7S2/c1-5-21-26-22(36-4)23(35-25(30)34-7-3)28(21)16-17-12-14-18(15-13-17)19-10-8-9-11-20(19)37(31,32)27-24(29)33-6-2/h8-15H,5-7,16H2,1-4H3,(H,27,29). The summed E-state index contributed by atoms with van der Waals surface area (Å²) in [5, 5.41) is 0.578. The van der Waals surface area contributed by atoms with Crippen molar-refractivity contribution in [3.05, 3.63) is 59.9 Å². The lowest BCUT2D eigenvalue weighted by Gasteiger charge is -2.14. The van der Waals surface area contributed by atoms with E-state index < -0.39 is 22.3 Å². The number of imidazole rings is 1. The number of benzene rings is 2. The highest BCUT2D eigenvalue weighted by Gasteiger charge is 2.23. The predicted octanol–water partition coefficient (Wildman–Crippen LogP) is 4.85. The first-order chi connectivity index (χ1) is 17.7. The van der Waals surface area contributed by atoms with Crippen LogP contribution in [0.5, 0.6) is 5.88 Å². The van der Waals surface area contributed by atoms with Gasteiger partial charge in [-0.3, -0.25) is 4.57 Å². The van der Waals surface area contributed by atoms with Crippen molar-refractivity contribution in [3.8, 4) is 17.0 Å². The number of sulfonamides is 1. The van der Waals surface area contributed by atoms with Gasteiger partial charge in [-0.05, 0) is 37.3 Å². The van der Waals surface area contributed by atoms with Crippen LogP contribution in [0.3, 0.4) is 0 Å². The number of rotatable bonds is 10. The molecule has 1 aromatic heterocycles. The Bertz CT molecular complexity index is 1350. The number of hydrogen-bond donors (Lipinski definition) is 1. The fourth-order valence-electron chi connectivity index (χ4n) is 3.59. The van der Waals surface area contributed by atoms with Crippen molar-refractivity contribution in [1.82, 2.24) is 14.3 Å². The largest absolute Gasteiger partial charge is 0.515 e. The lowest BCUT2D eigenvalue weighted by atomic mass is 10.0. The second-order valence-electron chi connectivity index (χ2n) is 7.59. The van der Waals surface area contributed by atoms with E-state index in [0.717, 1.165) is 11.4 Å². The minimum absolute atomic E-state index is 0.0477. The molecule has 37 heavy (non-hydrogen) atoms. The first-order valence-corrected chi connectivity index (χ1v) is 14.3. The Morgan fingerprint density at radius 3 is 2.30 bits per heavy atom. The molecule has 0 spiro atoms. The summed E-state index contributed by atoms with van der Waals surface area (Å²) in [6.07, 6.45) is 0.633. The minimum atomic E-state index is -4.15. The van der Waals surface area contributed by atoms with E-state index in [0.29, 0.717) is 35.0 Å². The summed E-state index contributed by atoms with van der Waals surface area (Å²) in [4.78, 5) is 28.3. The van der Waals surface area contributed by atoms with E-state index in [-0.39, 0.29) is 18.1 Å². The number of hydrogen-bond acceptors (Lipinski definition) is 9. The summed E-state index contributed by atoms with van der Waals surface area (Å²) in [5.74, 6) is 1.06. The van der Waals surface area contributed by atoms with Crippen molar-refractivity contribution in [3.63, 3.8) is 0 Å². The maximum absolute atomic E-state index is 12.8. The summed E-state index contributed by atoms with van der Waals surface area (Å²) in [5.41, 5.74) is 1.95. The average Bonchev–Trinajstić information content (AvgIpc) is 3.20. The maximum Gasteiger partial charge on any atom is 0.515 e. The number of thioether (sulfide) groups is 1. The average molecular weight is 548 g/mol. The van der Waals surface area contributed by atoms with Crippen molar-refractivity contribution in [2.45, 2.75) is 43.7 Å². The van der Waals surface area contributed by atoms with E-state index in [2.05, 4.69) is 4.98 Å². The molecule has 2 aromatic carbocycles. The van der Waals surface area contributed by atoms with E-state index in [1.165, 1.54) is 17.8 Å². The van der Waals surface area contributed by atoms with E-state index in [1.807, 2.05) is 34.6 Å². The summed E-state index contributed by atoms with van der Waals surface area (Å²) < 4.78 is 44.5. The van der Waals surface area contributed by atoms with Gasteiger partial charge in [0.25, 0.3) is 10.0 Å². The predicted molar refractivity (Wildman–Crippen MR) is 139 cm³/mol. The second-order valence-corrected chi connectivity index (χ2v) is 10.0. The lowest BCUT2D eigenvalue weighted by Crippen LogP contribution is -2.31. The molecule has 3 aromatic rings. The van der Waals surface area contributed by atoms with Crippen LogP contribution in [0.25, 0.3) is 11.1 Å². The van der Waals surface area contributed by atoms with Gasteiger partial charge in [0.2, 0.25) is 5.88 Å². The summed E-state index contributed by atoms with van der Waals surface area (Å²) >= 11 is 1.37. The maximum atomic E-state index is 12.8. The molecule has 0 unspecified atom stereocenters. The van der Waals surface area contributed by atoms with Crippen molar-refractivity contribution in [1.29, 1.82) is 0 Å². The van der Waals surface area contributed by atoms with Gasteiger partial charge >= 0.3 is 12.2 Å². The molecule has 198 valence electrons. The highest BCUT2D eigenvalue weighted by molar-refractivity contribution is 7.98. The molecule has 0 atom stereocenters. The van der Waals surface area contributed by atoms with Gasteiger partial charge in [-0.15, -0.1) is 11.8 Å². The number of carbonyl (C=O) groups excluding carboxylic acids is 2. The first kappa shape index (κ1) is 28.1. The van der Waals surface area contributed by atoms with Gasteiger partial charge < -0.3 is 14.2 Å².